The first kappa shape index (κ1) is 24.4. The maximum Gasteiger partial charge on any atom is 0.255 e. The van der Waals surface area contributed by atoms with Gasteiger partial charge in [0.1, 0.15) is 11.8 Å². The lowest BCUT2D eigenvalue weighted by Gasteiger charge is -2.23. The van der Waals surface area contributed by atoms with Crippen molar-refractivity contribution in [1.29, 1.82) is 0 Å². The molecule has 0 radical (unpaired) electrons. The summed E-state index contributed by atoms with van der Waals surface area (Å²) in [6.07, 6.45) is 3.68. The van der Waals surface area contributed by atoms with E-state index in [2.05, 4.69) is 15.0 Å². The van der Waals surface area contributed by atoms with E-state index < -0.39 is 16.1 Å². The number of fused-ring (bicyclic) bond motifs is 1. The molecule has 8 nitrogen and oxygen atoms in total. The van der Waals surface area contributed by atoms with Crippen molar-refractivity contribution in [3.05, 3.63) is 58.2 Å². The third kappa shape index (κ3) is 4.73. The molecule has 3 N–H and O–H groups in total. The van der Waals surface area contributed by atoms with Gasteiger partial charge in [-0.25, -0.2) is 13.1 Å². The predicted molar refractivity (Wildman–Crippen MR) is 133 cm³/mol. The van der Waals surface area contributed by atoms with Crippen LogP contribution in [0.15, 0.2) is 45.9 Å². The fourth-order valence-corrected chi connectivity index (χ4v) is 5.31. The Morgan fingerprint density at radius 3 is 2.68 bits per heavy atom. The number of benzene rings is 1. The highest BCUT2D eigenvalue weighted by molar-refractivity contribution is 7.89. The average molecular weight is 486 g/mol. The Bertz CT molecular complexity index is 1380. The van der Waals surface area contributed by atoms with Gasteiger partial charge in [-0.2, -0.15) is 0 Å². The molecule has 2 aromatic heterocycles. The molecular weight excluding hydrogens is 454 g/mol. The summed E-state index contributed by atoms with van der Waals surface area (Å²) in [5, 5.41) is 3.78. The Morgan fingerprint density at radius 1 is 1.29 bits per heavy atom. The summed E-state index contributed by atoms with van der Waals surface area (Å²) in [6, 6.07) is 6.29. The van der Waals surface area contributed by atoms with Crippen molar-refractivity contribution in [3.8, 4) is 11.1 Å². The number of carbonyl (C=O) groups excluding carboxylic acids is 1. The van der Waals surface area contributed by atoms with Crippen LogP contribution < -0.4 is 15.6 Å². The first-order chi connectivity index (χ1) is 16.0. The minimum Gasteiger partial charge on any atom is -0.463 e. The predicted octanol–water partition coefficient (Wildman–Crippen LogP) is 3.19. The number of sulfonamides is 1. The molecule has 34 heavy (non-hydrogen) atoms. The van der Waals surface area contributed by atoms with Gasteiger partial charge in [-0.15, -0.1) is 0 Å². The second-order valence-electron chi connectivity index (χ2n) is 9.83. The molecule has 0 saturated carbocycles. The Hall–Kier alpha value is -2.75. The van der Waals surface area contributed by atoms with Gasteiger partial charge in [-0.3, -0.25) is 9.59 Å². The van der Waals surface area contributed by atoms with Crippen LogP contribution in [-0.2, 0) is 15.4 Å². The van der Waals surface area contributed by atoms with Gasteiger partial charge in [0, 0.05) is 22.7 Å². The van der Waals surface area contributed by atoms with Crippen LogP contribution in [0.4, 0.5) is 0 Å². The van der Waals surface area contributed by atoms with E-state index in [1.54, 1.807) is 31.3 Å². The maximum atomic E-state index is 13.8. The molecule has 4 rings (SSSR count). The number of aromatic amines is 1. The minimum atomic E-state index is -3.61. The lowest BCUT2D eigenvalue weighted by Crippen LogP contribution is -2.47. The van der Waals surface area contributed by atoms with Crippen molar-refractivity contribution >= 4 is 26.8 Å². The lowest BCUT2D eigenvalue weighted by atomic mass is 9.83. The first-order valence-corrected chi connectivity index (χ1v) is 13.2. The largest absolute Gasteiger partial charge is 0.463 e. The number of pyridine rings is 1. The monoisotopic (exact) mass is 485 g/mol. The molecule has 3 aromatic rings. The van der Waals surface area contributed by atoms with E-state index in [1.165, 1.54) is 6.26 Å². The molecule has 1 aliphatic rings. The molecule has 0 amide bonds. The average Bonchev–Trinajstić information content (AvgIpc) is 3.46. The smallest absolute Gasteiger partial charge is 0.255 e. The van der Waals surface area contributed by atoms with Gasteiger partial charge < -0.3 is 14.7 Å². The van der Waals surface area contributed by atoms with Crippen molar-refractivity contribution in [2.75, 3.05) is 18.8 Å². The fraction of sp³-hybridized carbons (Fsp3) is 0.440. The Morgan fingerprint density at radius 2 is 2.06 bits per heavy atom. The molecule has 1 aliphatic heterocycles. The highest BCUT2D eigenvalue weighted by Gasteiger charge is 2.36. The molecular formula is C25H31N3O5S. The summed E-state index contributed by atoms with van der Waals surface area (Å²) in [7, 11) is -3.61. The van der Waals surface area contributed by atoms with Crippen molar-refractivity contribution in [2.24, 2.45) is 5.92 Å². The van der Waals surface area contributed by atoms with E-state index in [-0.39, 0.29) is 28.4 Å². The van der Waals surface area contributed by atoms with Crippen LogP contribution in [0.25, 0.3) is 22.1 Å². The molecule has 0 spiro atoms. The van der Waals surface area contributed by atoms with Gasteiger partial charge in [0.05, 0.1) is 17.4 Å². The number of Topliss-reactive ketones (excluding diaryl/α,β-unsaturated/α-hetero) is 1. The number of H-pyrrole nitrogens is 1. The highest BCUT2D eigenvalue weighted by Crippen LogP contribution is 2.37. The van der Waals surface area contributed by atoms with E-state index in [0.717, 1.165) is 12.1 Å². The summed E-state index contributed by atoms with van der Waals surface area (Å²) < 4.78 is 33.4. The summed E-state index contributed by atoms with van der Waals surface area (Å²) >= 11 is 0. The van der Waals surface area contributed by atoms with E-state index in [1.807, 2.05) is 26.8 Å². The fourth-order valence-electron chi connectivity index (χ4n) is 4.46. The molecule has 9 heteroatoms. The quantitative estimate of drug-likeness (QED) is 0.442. The zero-order chi connectivity index (χ0) is 24.7. The summed E-state index contributed by atoms with van der Waals surface area (Å²) in [5.74, 6) is -0.609. The number of hydrogen-bond acceptors (Lipinski definition) is 6. The number of carbonyl (C=O) groups is 1. The van der Waals surface area contributed by atoms with Gasteiger partial charge in [0.25, 0.3) is 5.56 Å². The van der Waals surface area contributed by atoms with E-state index in [9.17, 15) is 18.0 Å². The highest BCUT2D eigenvalue weighted by atomic mass is 32.2. The third-order valence-electron chi connectivity index (χ3n) is 6.42. The molecule has 1 aromatic carbocycles. The van der Waals surface area contributed by atoms with Crippen LogP contribution in [-0.4, -0.2) is 44.1 Å². The normalized spacial score (nSPS) is 17.8. The Labute approximate surface area is 199 Å². The van der Waals surface area contributed by atoms with Crippen LogP contribution >= 0.6 is 0 Å². The summed E-state index contributed by atoms with van der Waals surface area (Å²) in [4.78, 5) is 29.0. The van der Waals surface area contributed by atoms with Gasteiger partial charge >= 0.3 is 0 Å². The number of aromatic nitrogens is 1. The molecule has 2 atom stereocenters. The number of hydrogen-bond donors (Lipinski definition) is 3. The Balaban J connectivity index is 1.90. The van der Waals surface area contributed by atoms with Crippen LogP contribution in [0.5, 0.6) is 0 Å². The second-order valence-corrected chi connectivity index (χ2v) is 11.9. The number of nitrogens with one attached hydrogen (secondary N) is 3. The van der Waals surface area contributed by atoms with E-state index in [0.29, 0.717) is 40.6 Å². The SMILES string of the molecule is CCS(=O)(=O)NC(C(=O)c1coc2c(C(C)(C)C)cc(-c3ccc[nH]c3=O)cc12)[C@H]1CCNC1. The summed E-state index contributed by atoms with van der Waals surface area (Å²) in [6.45, 7) is 8.93. The Kier molecular flexibility index (Phi) is 6.54. The van der Waals surface area contributed by atoms with Gasteiger partial charge in [-0.1, -0.05) is 20.8 Å². The second kappa shape index (κ2) is 9.13. The summed E-state index contributed by atoms with van der Waals surface area (Å²) in [5.41, 5.74) is 2.32. The number of ketones is 1. The molecule has 182 valence electrons. The van der Waals surface area contributed by atoms with E-state index in [4.69, 9.17) is 4.42 Å². The van der Waals surface area contributed by atoms with Crippen LogP contribution in [0, 0.1) is 5.92 Å². The topological polar surface area (TPSA) is 121 Å². The zero-order valence-electron chi connectivity index (χ0n) is 19.9. The molecule has 1 fully saturated rings. The molecule has 1 unspecified atom stereocenters. The minimum absolute atomic E-state index is 0.113. The van der Waals surface area contributed by atoms with E-state index >= 15 is 0 Å². The molecule has 0 bridgehead atoms. The van der Waals surface area contributed by atoms with Crippen molar-refractivity contribution in [2.45, 2.75) is 45.6 Å². The zero-order valence-corrected chi connectivity index (χ0v) is 20.7. The van der Waals surface area contributed by atoms with Gasteiger partial charge in [0.15, 0.2) is 5.78 Å². The number of furan rings is 1. The van der Waals surface area contributed by atoms with Gasteiger partial charge in [0.2, 0.25) is 10.0 Å². The standard InChI is InChI=1S/C25H31N3O5S/c1-5-34(31,32)28-21(15-8-10-26-13-15)22(29)19-14-33-23-18(19)11-16(12-20(23)25(2,3)4)17-7-6-9-27-24(17)30/h6-7,9,11-12,14-15,21,26,28H,5,8,10,13H2,1-4H3,(H,27,30)/t15-,21?/m0/s1. The van der Waals surface area contributed by atoms with Gasteiger partial charge in [-0.05, 0) is 67.6 Å². The molecule has 0 aliphatic carbocycles. The van der Waals surface area contributed by atoms with Crippen molar-refractivity contribution < 1.29 is 17.6 Å². The molecule has 1 saturated heterocycles. The number of rotatable bonds is 7. The lowest BCUT2D eigenvalue weighted by molar-refractivity contribution is 0.0926. The molecule has 3 heterocycles. The maximum absolute atomic E-state index is 13.8. The van der Waals surface area contributed by atoms with Crippen molar-refractivity contribution in [1.82, 2.24) is 15.0 Å². The van der Waals surface area contributed by atoms with Crippen LogP contribution in [0.3, 0.4) is 0 Å². The van der Waals surface area contributed by atoms with Crippen molar-refractivity contribution in [3.63, 3.8) is 0 Å². The first-order valence-electron chi connectivity index (χ1n) is 11.5. The van der Waals surface area contributed by atoms with Crippen LogP contribution in [0.2, 0.25) is 0 Å². The third-order valence-corrected chi connectivity index (χ3v) is 7.79. The van der Waals surface area contributed by atoms with Crippen LogP contribution in [0.1, 0.15) is 50.0 Å².